The summed E-state index contributed by atoms with van der Waals surface area (Å²) in [7, 11) is -1.15. The SMILES string of the molecule is C#C.CC.CC.CC(C)(C)OC(=O)N1CCC[C@H]1COS(C)(C)C(C)(C)C.Cc1cccc(CO)c1. The molecule has 1 aliphatic rings. The van der Waals surface area contributed by atoms with Gasteiger partial charge in [-0.2, -0.15) is 0 Å². The van der Waals surface area contributed by atoms with Crippen molar-refractivity contribution in [2.75, 3.05) is 25.7 Å². The molecule has 6 heteroatoms. The van der Waals surface area contributed by atoms with E-state index in [2.05, 4.69) is 46.1 Å². The van der Waals surface area contributed by atoms with Crippen molar-refractivity contribution in [1.82, 2.24) is 4.90 Å². The minimum Gasteiger partial charge on any atom is -0.444 e. The Morgan fingerprint density at radius 3 is 2.00 bits per heavy atom. The lowest BCUT2D eigenvalue weighted by Gasteiger charge is -2.44. The number of hydrogen-bond acceptors (Lipinski definition) is 4. The molecule has 1 heterocycles. The maximum atomic E-state index is 12.2. The summed E-state index contributed by atoms with van der Waals surface area (Å²) in [6.45, 7) is 23.9. The van der Waals surface area contributed by atoms with Crippen molar-refractivity contribution < 1.29 is 18.8 Å². The van der Waals surface area contributed by atoms with Crippen LogP contribution in [0.3, 0.4) is 0 Å². The van der Waals surface area contributed by atoms with Crippen molar-refractivity contribution in [3.63, 3.8) is 0 Å². The minimum absolute atomic E-state index is 0.141. The summed E-state index contributed by atoms with van der Waals surface area (Å²) in [5, 5.41) is 8.66. The average molecular weight is 528 g/mol. The summed E-state index contributed by atoms with van der Waals surface area (Å²) in [6.07, 6.45) is 14.2. The maximum absolute atomic E-state index is 12.2. The van der Waals surface area contributed by atoms with E-state index in [4.69, 9.17) is 14.0 Å². The van der Waals surface area contributed by atoms with Crippen molar-refractivity contribution in [2.45, 2.75) is 112 Å². The zero-order valence-electron chi connectivity index (χ0n) is 25.6. The van der Waals surface area contributed by atoms with Crippen molar-refractivity contribution in [1.29, 1.82) is 0 Å². The molecule has 1 aromatic rings. The molecule has 212 valence electrons. The molecule has 1 saturated heterocycles. The Kier molecular flexibility index (Phi) is 21.0. The topological polar surface area (TPSA) is 59.0 Å². The van der Waals surface area contributed by atoms with Gasteiger partial charge in [0.05, 0.1) is 19.3 Å². The lowest BCUT2D eigenvalue weighted by atomic mass is 10.1. The Balaban J connectivity index is -0.000000601. The van der Waals surface area contributed by atoms with Crippen LogP contribution in [0.5, 0.6) is 0 Å². The van der Waals surface area contributed by atoms with Crippen LogP contribution < -0.4 is 0 Å². The molecule has 0 saturated carbocycles. The van der Waals surface area contributed by atoms with Gasteiger partial charge in [-0.15, -0.1) is 23.2 Å². The van der Waals surface area contributed by atoms with Crippen LogP contribution in [0, 0.1) is 19.8 Å². The van der Waals surface area contributed by atoms with Gasteiger partial charge in [-0.25, -0.2) is 4.79 Å². The first-order chi connectivity index (χ1) is 16.7. The van der Waals surface area contributed by atoms with Gasteiger partial charge in [-0.3, -0.25) is 0 Å². The fourth-order valence-electron chi connectivity index (χ4n) is 2.81. The summed E-state index contributed by atoms with van der Waals surface area (Å²) in [4.78, 5) is 14.1. The van der Waals surface area contributed by atoms with Crippen LogP contribution in [0.4, 0.5) is 4.79 Å². The van der Waals surface area contributed by atoms with E-state index in [0.29, 0.717) is 6.61 Å². The standard InChI is InChI=1S/C16H33NO3S.C8H10O.2C2H6.C2H2/c1-15(2,3)20-14(18)17-11-9-10-13(17)12-19-21(7,8)16(4,5)6;1-7-3-2-4-8(5-7)6-9;3*1-2/h13H,9-12H2,1-8H3;2-5,9H,6H2,1H3;2*1-2H3;1-2H/t13-;;;;/m0..../s1. The van der Waals surface area contributed by atoms with E-state index in [-0.39, 0.29) is 23.5 Å². The molecule has 0 aromatic heterocycles. The van der Waals surface area contributed by atoms with Gasteiger partial charge in [0, 0.05) is 11.3 Å². The van der Waals surface area contributed by atoms with Crippen LogP contribution >= 0.6 is 10.3 Å². The van der Waals surface area contributed by atoms with Gasteiger partial charge < -0.3 is 18.9 Å². The van der Waals surface area contributed by atoms with E-state index in [1.54, 1.807) is 0 Å². The molecule has 2 rings (SSSR count). The normalized spacial score (nSPS) is 15.3. The molecule has 1 aliphatic heterocycles. The maximum Gasteiger partial charge on any atom is 0.410 e. The van der Waals surface area contributed by atoms with Gasteiger partial charge in [-0.05, 0) is 58.6 Å². The molecule has 0 unspecified atom stereocenters. The van der Waals surface area contributed by atoms with E-state index < -0.39 is 15.9 Å². The third kappa shape index (κ3) is 16.1. The van der Waals surface area contributed by atoms with E-state index in [1.165, 1.54) is 5.56 Å². The highest BCUT2D eigenvalue weighted by Crippen LogP contribution is 2.53. The summed E-state index contributed by atoms with van der Waals surface area (Å²) >= 11 is 0. The first kappa shape index (κ1) is 38.8. The van der Waals surface area contributed by atoms with Crippen molar-refractivity contribution in [3.05, 3.63) is 35.4 Å². The molecule has 0 bridgehead atoms. The van der Waals surface area contributed by atoms with Gasteiger partial charge in [-0.1, -0.05) is 78.3 Å². The number of ether oxygens (including phenoxy) is 1. The van der Waals surface area contributed by atoms with Gasteiger partial charge >= 0.3 is 6.09 Å². The molecule has 1 atom stereocenters. The van der Waals surface area contributed by atoms with E-state index in [1.807, 2.05) is 84.6 Å². The van der Waals surface area contributed by atoms with Crippen LogP contribution in [0.2, 0.25) is 0 Å². The second-order valence-corrected chi connectivity index (χ2v) is 14.2. The Labute approximate surface area is 225 Å². The van der Waals surface area contributed by atoms with Crippen LogP contribution in [0.25, 0.3) is 0 Å². The van der Waals surface area contributed by atoms with Crippen molar-refractivity contribution in [2.24, 2.45) is 0 Å². The number of hydrogen-bond donors (Lipinski definition) is 1. The monoisotopic (exact) mass is 527 g/mol. The van der Waals surface area contributed by atoms with Gasteiger partial charge in [0.1, 0.15) is 5.60 Å². The number of likely N-dealkylation sites (tertiary alicyclic amines) is 1. The smallest absolute Gasteiger partial charge is 0.410 e. The van der Waals surface area contributed by atoms with Gasteiger partial charge in [0.2, 0.25) is 0 Å². The molecule has 0 radical (unpaired) electrons. The van der Waals surface area contributed by atoms with E-state index in [9.17, 15) is 4.79 Å². The molecule has 5 nitrogen and oxygen atoms in total. The summed E-state index contributed by atoms with van der Waals surface area (Å²) in [5.74, 6) is 0. The van der Waals surface area contributed by atoms with Crippen molar-refractivity contribution in [3.8, 4) is 12.8 Å². The van der Waals surface area contributed by atoms with E-state index in [0.717, 1.165) is 24.9 Å². The summed E-state index contributed by atoms with van der Waals surface area (Å²) in [6, 6.07) is 7.99. The van der Waals surface area contributed by atoms with Crippen LogP contribution in [-0.4, -0.2) is 58.2 Å². The van der Waals surface area contributed by atoms with Crippen molar-refractivity contribution >= 4 is 16.4 Å². The lowest BCUT2D eigenvalue weighted by Crippen LogP contribution is -2.42. The Morgan fingerprint density at radius 1 is 1.08 bits per heavy atom. The minimum atomic E-state index is -1.15. The number of aryl methyl sites for hydroxylation is 1. The Hall–Kier alpha value is -1.68. The quantitative estimate of drug-likeness (QED) is 0.403. The molecule has 1 N–H and O–H groups in total. The molecule has 0 aliphatic carbocycles. The number of nitrogens with zero attached hydrogens (tertiary/aromatic N) is 1. The number of carbonyl (C=O) groups is 1. The third-order valence-corrected chi connectivity index (χ3v) is 8.97. The summed E-state index contributed by atoms with van der Waals surface area (Å²) in [5.41, 5.74) is 1.73. The molecule has 1 aromatic carbocycles. The number of aliphatic hydroxyl groups excluding tert-OH is 1. The largest absolute Gasteiger partial charge is 0.444 e. The molecule has 1 fully saturated rings. The highest BCUT2D eigenvalue weighted by molar-refractivity contribution is 8.29. The molecular formula is C30H57NO4S. The zero-order valence-corrected chi connectivity index (χ0v) is 26.4. The number of carbonyl (C=O) groups excluding carboxylic acids is 1. The van der Waals surface area contributed by atoms with Gasteiger partial charge in [0.15, 0.2) is 0 Å². The predicted octanol–water partition coefficient (Wildman–Crippen LogP) is 7.97. The summed E-state index contributed by atoms with van der Waals surface area (Å²) < 4.78 is 11.9. The molecule has 1 amide bonds. The number of amides is 1. The average Bonchev–Trinajstić information content (AvgIpc) is 3.29. The number of aliphatic hydroxyl groups is 1. The highest BCUT2D eigenvalue weighted by atomic mass is 32.3. The van der Waals surface area contributed by atoms with Crippen LogP contribution in [0.1, 0.15) is 93.2 Å². The fraction of sp³-hybridized carbons (Fsp3) is 0.700. The lowest BCUT2D eigenvalue weighted by molar-refractivity contribution is 0.0192. The fourth-order valence-corrected chi connectivity index (χ4v) is 3.66. The number of rotatable bonds is 4. The van der Waals surface area contributed by atoms with E-state index >= 15 is 0 Å². The molecule has 0 spiro atoms. The highest BCUT2D eigenvalue weighted by Gasteiger charge is 2.35. The number of terminal acetylenes is 1. The third-order valence-electron chi connectivity index (χ3n) is 5.30. The molecular weight excluding hydrogens is 470 g/mol. The van der Waals surface area contributed by atoms with Crippen LogP contribution in [0.15, 0.2) is 24.3 Å². The Morgan fingerprint density at radius 2 is 1.61 bits per heavy atom. The second kappa shape index (κ2) is 19.4. The molecule has 36 heavy (non-hydrogen) atoms. The first-order valence-corrected chi connectivity index (χ1v) is 15.4. The zero-order chi connectivity index (χ0) is 29.2. The first-order valence-electron chi connectivity index (χ1n) is 13.0. The Bertz CT molecular complexity index is 718. The second-order valence-electron chi connectivity index (χ2n) is 10.2. The predicted molar refractivity (Wildman–Crippen MR) is 161 cm³/mol. The number of benzene rings is 1. The van der Waals surface area contributed by atoms with Crippen LogP contribution in [-0.2, 0) is 15.5 Å². The van der Waals surface area contributed by atoms with Gasteiger partial charge in [0.25, 0.3) is 0 Å².